The van der Waals surface area contributed by atoms with Gasteiger partial charge in [-0.05, 0) is 23.7 Å². The fourth-order valence-corrected chi connectivity index (χ4v) is 2.19. The third-order valence-corrected chi connectivity index (χ3v) is 4.15. The Balaban J connectivity index is 2.89. The van der Waals surface area contributed by atoms with Crippen LogP contribution in [0.5, 0.6) is 0 Å². The average molecular weight is 168 g/mol. The van der Waals surface area contributed by atoms with Gasteiger partial charge in [0, 0.05) is 5.92 Å². The lowest BCUT2D eigenvalue weighted by molar-refractivity contribution is -0.120. The Bertz CT molecular complexity index is 179. The van der Waals surface area contributed by atoms with E-state index in [2.05, 4.69) is 27.7 Å². The Kier molecular flexibility index (Phi) is 2.33. The van der Waals surface area contributed by atoms with Crippen molar-refractivity contribution in [3.63, 3.8) is 0 Å². The second kappa shape index (κ2) is 2.86. The van der Waals surface area contributed by atoms with Gasteiger partial charge in [-0.25, -0.2) is 0 Å². The van der Waals surface area contributed by atoms with E-state index in [0.29, 0.717) is 5.41 Å². The van der Waals surface area contributed by atoms with Crippen molar-refractivity contribution in [2.75, 3.05) is 0 Å². The molecule has 1 rings (SSSR count). The Labute approximate surface area is 75.5 Å². The summed E-state index contributed by atoms with van der Waals surface area (Å²) in [7, 11) is 0. The number of aldehydes is 1. The van der Waals surface area contributed by atoms with Gasteiger partial charge < -0.3 is 4.79 Å². The van der Waals surface area contributed by atoms with Crippen LogP contribution in [0.1, 0.15) is 47.0 Å². The maximum absolute atomic E-state index is 10.9. The SMILES string of the molecule is CC1(C)CCCC(C=O)C1(C)C. The van der Waals surface area contributed by atoms with Gasteiger partial charge >= 0.3 is 0 Å². The average Bonchev–Trinajstić information content (AvgIpc) is 1.95. The van der Waals surface area contributed by atoms with Crippen LogP contribution in [0.25, 0.3) is 0 Å². The van der Waals surface area contributed by atoms with Gasteiger partial charge in [0.05, 0.1) is 0 Å². The van der Waals surface area contributed by atoms with Gasteiger partial charge in [0.15, 0.2) is 0 Å². The van der Waals surface area contributed by atoms with Crippen molar-refractivity contribution in [3.8, 4) is 0 Å². The van der Waals surface area contributed by atoms with E-state index in [0.717, 1.165) is 12.7 Å². The quantitative estimate of drug-likeness (QED) is 0.550. The molecule has 1 saturated carbocycles. The largest absolute Gasteiger partial charge is 0.303 e. The van der Waals surface area contributed by atoms with Crippen molar-refractivity contribution in [1.29, 1.82) is 0 Å². The summed E-state index contributed by atoms with van der Waals surface area (Å²) in [6, 6.07) is 0. The molecule has 0 saturated heterocycles. The molecule has 0 N–H and O–H groups in total. The predicted molar refractivity (Wildman–Crippen MR) is 51.0 cm³/mol. The van der Waals surface area contributed by atoms with Crippen molar-refractivity contribution in [2.45, 2.75) is 47.0 Å². The Hall–Kier alpha value is -0.330. The molecule has 1 unspecified atom stereocenters. The first kappa shape index (κ1) is 9.76. The molecule has 70 valence electrons. The highest BCUT2D eigenvalue weighted by Gasteiger charge is 2.45. The summed E-state index contributed by atoms with van der Waals surface area (Å²) in [6.45, 7) is 9.02. The minimum absolute atomic E-state index is 0.174. The number of hydrogen-bond donors (Lipinski definition) is 0. The molecule has 0 spiro atoms. The summed E-state index contributed by atoms with van der Waals surface area (Å²) >= 11 is 0. The molecule has 1 aliphatic rings. The molecule has 1 atom stereocenters. The summed E-state index contributed by atoms with van der Waals surface area (Å²) in [5.41, 5.74) is 0.490. The molecule has 0 aromatic carbocycles. The molecule has 12 heavy (non-hydrogen) atoms. The second-order valence-electron chi connectivity index (χ2n) is 5.24. The lowest BCUT2D eigenvalue weighted by atomic mass is 9.55. The first-order chi connectivity index (χ1) is 5.42. The molecule has 0 bridgehead atoms. The predicted octanol–water partition coefficient (Wildman–Crippen LogP) is 3.04. The monoisotopic (exact) mass is 168 g/mol. The Morgan fingerprint density at radius 2 is 1.83 bits per heavy atom. The fraction of sp³-hybridized carbons (Fsp3) is 0.909. The molecule has 0 amide bonds. The van der Waals surface area contributed by atoms with Crippen LogP contribution in [0.3, 0.4) is 0 Å². The first-order valence-corrected chi connectivity index (χ1v) is 4.87. The minimum atomic E-state index is 0.174. The van der Waals surface area contributed by atoms with Crippen LogP contribution in [0, 0.1) is 16.7 Å². The van der Waals surface area contributed by atoms with Crippen LogP contribution in [-0.2, 0) is 4.79 Å². The fourth-order valence-electron chi connectivity index (χ4n) is 2.19. The summed E-state index contributed by atoms with van der Waals surface area (Å²) in [5.74, 6) is 0.265. The van der Waals surface area contributed by atoms with Gasteiger partial charge in [-0.15, -0.1) is 0 Å². The molecular formula is C11H20O. The Morgan fingerprint density at radius 3 is 2.25 bits per heavy atom. The van der Waals surface area contributed by atoms with Crippen molar-refractivity contribution < 1.29 is 4.79 Å². The number of carbonyl (C=O) groups is 1. The Morgan fingerprint density at radius 1 is 1.25 bits per heavy atom. The van der Waals surface area contributed by atoms with E-state index in [1.54, 1.807) is 0 Å². The zero-order chi connectivity index (χ0) is 9.41. The summed E-state index contributed by atoms with van der Waals surface area (Å²) in [4.78, 5) is 10.9. The van der Waals surface area contributed by atoms with Gasteiger partial charge in [0.1, 0.15) is 6.29 Å². The third kappa shape index (κ3) is 1.30. The second-order valence-corrected chi connectivity index (χ2v) is 5.24. The number of carbonyl (C=O) groups excluding carboxylic acids is 1. The van der Waals surface area contributed by atoms with E-state index in [-0.39, 0.29) is 11.3 Å². The third-order valence-electron chi connectivity index (χ3n) is 4.15. The molecule has 0 radical (unpaired) electrons. The van der Waals surface area contributed by atoms with E-state index in [4.69, 9.17) is 0 Å². The van der Waals surface area contributed by atoms with Gasteiger partial charge in [0.2, 0.25) is 0 Å². The van der Waals surface area contributed by atoms with Crippen molar-refractivity contribution in [3.05, 3.63) is 0 Å². The molecule has 0 aromatic rings. The lowest BCUT2D eigenvalue weighted by Gasteiger charge is -2.49. The summed E-state index contributed by atoms with van der Waals surface area (Å²) < 4.78 is 0. The van der Waals surface area contributed by atoms with Crippen LogP contribution in [0.2, 0.25) is 0 Å². The van der Waals surface area contributed by atoms with Crippen molar-refractivity contribution >= 4 is 6.29 Å². The molecule has 0 heterocycles. The van der Waals surface area contributed by atoms with Crippen molar-refractivity contribution in [2.24, 2.45) is 16.7 Å². The maximum Gasteiger partial charge on any atom is 0.123 e. The van der Waals surface area contributed by atoms with E-state index >= 15 is 0 Å². The van der Waals surface area contributed by atoms with E-state index in [1.807, 2.05) is 0 Å². The van der Waals surface area contributed by atoms with Crippen LogP contribution < -0.4 is 0 Å². The van der Waals surface area contributed by atoms with Crippen LogP contribution in [0.15, 0.2) is 0 Å². The molecule has 1 nitrogen and oxygen atoms in total. The molecule has 0 aromatic heterocycles. The smallest absolute Gasteiger partial charge is 0.123 e. The van der Waals surface area contributed by atoms with Gasteiger partial charge in [0.25, 0.3) is 0 Å². The lowest BCUT2D eigenvalue weighted by Crippen LogP contribution is -2.43. The van der Waals surface area contributed by atoms with E-state index in [9.17, 15) is 4.79 Å². The number of hydrogen-bond acceptors (Lipinski definition) is 1. The van der Waals surface area contributed by atoms with Gasteiger partial charge in [-0.3, -0.25) is 0 Å². The van der Waals surface area contributed by atoms with Crippen LogP contribution in [0.4, 0.5) is 0 Å². The van der Waals surface area contributed by atoms with Crippen molar-refractivity contribution in [1.82, 2.24) is 0 Å². The molecule has 0 aliphatic heterocycles. The molecule has 1 fully saturated rings. The van der Waals surface area contributed by atoms with Crippen LogP contribution >= 0.6 is 0 Å². The molecule has 1 aliphatic carbocycles. The minimum Gasteiger partial charge on any atom is -0.303 e. The highest BCUT2D eigenvalue weighted by Crippen LogP contribution is 2.52. The topological polar surface area (TPSA) is 17.1 Å². The van der Waals surface area contributed by atoms with Gasteiger partial charge in [-0.1, -0.05) is 34.1 Å². The molecular weight excluding hydrogens is 148 g/mol. The highest BCUT2D eigenvalue weighted by atomic mass is 16.1. The van der Waals surface area contributed by atoms with E-state index < -0.39 is 0 Å². The summed E-state index contributed by atoms with van der Waals surface area (Å²) in [6.07, 6.45) is 4.70. The zero-order valence-corrected chi connectivity index (χ0v) is 8.68. The van der Waals surface area contributed by atoms with Crippen LogP contribution in [-0.4, -0.2) is 6.29 Å². The highest BCUT2D eigenvalue weighted by molar-refractivity contribution is 5.55. The number of rotatable bonds is 1. The van der Waals surface area contributed by atoms with Gasteiger partial charge in [-0.2, -0.15) is 0 Å². The first-order valence-electron chi connectivity index (χ1n) is 4.87. The zero-order valence-electron chi connectivity index (χ0n) is 8.68. The summed E-state index contributed by atoms with van der Waals surface area (Å²) in [5, 5.41) is 0. The standard InChI is InChI=1S/C11H20O/c1-10(2)7-5-6-9(8-12)11(10,3)4/h8-9H,5-7H2,1-4H3. The normalized spacial score (nSPS) is 32.8. The van der Waals surface area contributed by atoms with E-state index in [1.165, 1.54) is 12.8 Å². The maximum atomic E-state index is 10.9. The molecule has 1 heteroatoms.